The first-order valence-corrected chi connectivity index (χ1v) is 6.04. The number of rotatable bonds is 5. The maximum absolute atomic E-state index is 13.3. The van der Waals surface area contributed by atoms with Crippen molar-refractivity contribution >= 4 is 5.97 Å². The first kappa shape index (κ1) is 17.4. The van der Waals surface area contributed by atoms with Crippen molar-refractivity contribution in [1.29, 1.82) is 0 Å². The topological polar surface area (TPSA) is 38.3 Å². The lowest BCUT2D eigenvalue weighted by molar-refractivity contribution is -0.155. The lowest BCUT2D eigenvalue weighted by atomic mass is 9.91. The molecule has 1 aromatic rings. The van der Waals surface area contributed by atoms with E-state index in [4.69, 9.17) is 4.74 Å². The van der Waals surface area contributed by atoms with E-state index in [2.05, 4.69) is 0 Å². The Kier molecular flexibility index (Phi) is 5.27. The summed E-state index contributed by atoms with van der Waals surface area (Å²) in [6, 6.07) is 2.42. The van der Waals surface area contributed by atoms with Crippen LogP contribution in [0.2, 0.25) is 0 Å². The predicted octanol–water partition coefficient (Wildman–Crippen LogP) is 2.90. The molecule has 0 aliphatic rings. The molecule has 1 rings (SSSR count). The molecular weight excluding hydrogens is 297 g/mol. The van der Waals surface area contributed by atoms with Crippen LogP contribution in [0.25, 0.3) is 0 Å². The van der Waals surface area contributed by atoms with E-state index in [1.54, 1.807) is 0 Å². The van der Waals surface area contributed by atoms with Gasteiger partial charge in [-0.2, -0.15) is 13.2 Å². The maximum atomic E-state index is 13.3. The summed E-state index contributed by atoms with van der Waals surface area (Å²) < 4.78 is 67.9. The Labute approximate surface area is 118 Å². The molecule has 3 nitrogen and oxygen atoms in total. The van der Waals surface area contributed by atoms with Crippen LogP contribution in [0.3, 0.4) is 0 Å². The normalized spacial score (nSPS) is 14.6. The highest BCUT2D eigenvalue weighted by Crippen LogP contribution is 2.26. The van der Waals surface area contributed by atoms with Gasteiger partial charge in [0.1, 0.15) is 5.54 Å². The highest BCUT2D eigenvalue weighted by molar-refractivity contribution is 5.82. The van der Waals surface area contributed by atoms with E-state index in [1.165, 1.54) is 6.92 Å². The second kappa shape index (κ2) is 6.38. The zero-order valence-corrected chi connectivity index (χ0v) is 11.4. The van der Waals surface area contributed by atoms with Gasteiger partial charge in [-0.15, -0.1) is 0 Å². The first-order valence-electron chi connectivity index (χ1n) is 6.04. The number of ether oxygens (including phenoxy) is 1. The number of carbonyl (C=O) groups is 1. The summed E-state index contributed by atoms with van der Waals surface area (Å²) in [6.45, 7) is 1.05. The number of alkyl halides is 3. The zero-order valence-electron chi connectivity index (χ0n) is 11.4. The highest BCUT2D eigenvalue weighted by atomic mass is 19.4. The van der Waals surface area contributed by atoms with Crippen LogP contribution in [0.4, 0.5) is 22.0 Å². The van der Waals surface area contributed by atoms with Crippen LogP contribution in [0.15, 0.2) is 18.2 Å². The Hall–Kier alpha value is -1.70. The molecule has 1 N–H and O–H groups in total. The number of esters is 1. The van der Waals surface area contributed by atoms with Crippen LogP contribution in [-0.4, -0.2) is 25.3 Å². The van der Waals surface area contributed by atoms with Crippen LogP contribution in [0.1, 0.15) is 19.4 Å². The van der Waals surface area contributed by atoms with Crippen molar-refractivity contribution in [3.05, 3.63) is 35.4 Å². The average Bonchev–Trinajstić information content (AvgIpc) is 2.38. The van der Waals surface area contributed by atoms with Crippen LogP contribution >= 0.6 is 0 Å². The number of hydrogen-bond donors (Lipinski definition) is 1. The van der Waals surface area contributed by atoms with Crippen LogP contribution in [0, 0.1) is 11.6 Å². The Morgan fingerprint density at radius 2 is 1.86 bits per heavy atom. The van der Waals surface area contributed by atoms with Gasteiger partial charge >= 0.3 is 12.1 Å². The van der Waals surface area contributed by atoms with E-state index in [-0.39, 0.29) is 12.2 Å². The van der Waals surface area contributed by atoms with Gasteiger partial charge in [-0.25, -0.2) is 13.6 Å². The maximum Gasteiger partial charge on any atom is 0.401 e. The number of benzene rings is 1. The molecular formula is C13H14F5NO2. The van der Waals surface area contributed by atoms with Crippen molar-refractivity contribution in [2.75, 3.05) is 13.2 Å². The summed E-state index contributed by atoms with van der Waals surface area (Å²) in [5.41, 5.74) is -2.11. The van der Waals surface area contributed by atoms with E-state index in [9.17, 15) is 26.7 Å². The molecule has 1 aromatic carbocycles. The smallest absolute Gasteiger partial charge is 0.401 e. The van der Waals surface area contributed by atoms with Crippen molar-refractivity contribution in [2.24, 2.45) is 0 Å². The van der Waals surface area contributed by atoms with E-state index >= 15 is 0 Å². The average molecular weight is 311 g/mol. The molecule has 0 aromatic heterocycles. The molecule has 0 spiro atoms. The fourth-order valence-electron chi connectivity index (χ4n) is 1.65. The van der Waals surface area contributed by atoms with E-state index in [0.717, 1.165) is 19.1 Å². The fourth-order valence-corrected chi connectivity index (χ4v) is 1.65. The van der Waals surface area contributed by atoms with Crippen LogP contribution in [-0.2, 0) is 15.1 Å². The van der Waals surface area contributed by atoms with Gasteiger partial charge in [0.15, 0.2) is 11.6 Å². The minimum absolute atomic E-state index is 0.0637. The number of hydrogen-bond acceptors (Lipinski definition) is 3. The van der Waals surface area contributed by atoms with Gasteiger partial charge < -0.3 is 4.74 Å². The van der Waals surface area contributed by atoms with Crippen LogP contribution < -0.4 is 5.32 Å². The predicted molar refractivity (Wildman–Crippen MR) is 64.4 cm³/mol. The Morgan fingerprint density at radius 1 is 1.24 bits per heavy atom. The Balaban J connectivity index is 3.16. The van der Waals surface area contributed by atoms with Gasteiger partial charge in [0, 0.05) is 0 Å². The van der Waals surface area contributed by atoms with Crippen molar-refractivity contribution in [3.8, 4) is 0 Å². The van der Waals surface area contributed by atoms with Gasteiger partial charge in [0.05, 0.1) is 13.2 Å². The van der Waals surface area contributed by atoms with Gasteiger partial charge in [0.25, 0.3) is 0 Å². The largest absolute Gasteiger partial charge is 0.464 e. The molecule has 0 bridgehead atoms. The number of nitrogens with one attached hydrogen (secondary N) is 1. The molecule has 1 unspecified atom stereocenters. The SMILES string of the molecule is CCOC(=O)C(C)(NCC(F)(F)F)c1ccc(F)c(F)c1. The molecule has 0 amide bonds. The summed E-state index contributed by atoms with van der Waals surface area (Å²) in [5.74, 6) is -3.45. The molecule has 0 aliphatic carbocycles. The van der Waals surface area contributed by atoms with Crippen molar-refractivity contribution in [3.63, 3.8) is 0 Å². The minimum atomic E-state index is -4.58. The monoisotopic (exact) mass is 311 g/mol. The standard InChI is InChI=1S/C13H14F5NO2/c1-3-21-11(20)12(2,19-7-13(16,17)18)8-4-5-9(14)10(15)6-8/h4-6,19H,3,7H2,1-2H3. The third-order valence-corrected chi connectivity index (χ3v) is 2.82. The summed E-state index contributed by atoms with van der Waals surface area (Å²) >= 11 is 0. The lowest BCUT2D eigenvalue weighted by Crippen LogP contribution is -2.51. The third kappa shape index (κ3) is 4.38. The molecule has 0 radical (unpaired) electrons. The zero-order chi connectivity index (χ0) is 16.3. The van der Waals surface area contributed by atoms with Gasteiger partial charge in [-0.1, -0.05) is 6.07 Å². The summed E-state index contributed by atoms with van der Waals surface area (Å²) in [6.07, 6.45) is -4.58. The molecule has 0 saturated carbocycles. The molecule has 0 fully saturated rings. The summed E-state index contributed by atoms with van der Waals surface area (Å²) in [4.78, 5) is 11.9. The second-order valence-corrected chi connectivity index (χ2v) is 4.44. The molecule has 0 heterocycles. The van der Waals surface area contributed by atoms with Gasteiger partial charge in [-0.3, -0.25) is 5.32 Å². The van der Waals surface area contributed by atoms with E-state index in [0.29, 0.717) is 6.07 Å². The van der Waals surface area contributed by atoms with Crippen LogP contribution in [0.5, 0.6) is 0 Å². The third-order valence-electron chi connectivity index (χ3n) is 2.82. The van der Waals surface area contributed by atoms with Crippen molar-refractivity contribution in [1.82, 2.24) is 5.32 Å². The fraction of sp³-hybridized carbons (Fsp3) is 0.462. The summed E-state index contributed by atoms with van der Waals surface area (Å²) in [5, 5.41) is 1.99. The van der Waals surface area contributed by atoms with Gasteiger partial charge in [-0.05, 0) is 31.5 Å². The lowest BCUT2D eigenvalue weighted by Gasteiger charge is -2.29. The van der Waals surface area contributed by atoms with Crippen molar-refractivity contribution in [2.45, 2.75) is 25.6 Å². The first-order chi connectivity index (χ1) is 9.60. The second-order valence-electron chi connectivity index (χ2n) is 4.44. The molecule has 1 atom stereocenters. The van der Waals surface area contributed by atoms with Gasteiger partial charge in [0.2, 0.25) is 0 Å². The minimum Gasteiger partial charge on any atom is -0.464 e. The Morgan fingerprint density at radius 3 is 2.33 bits per heavy atom. The molecule has 8 heteroatoms. The Bertz CT molecular complexity index is 518. The van der Waals surface area contributed by atoms with E-state index < -0.39 is 35.9 Å². The van der Waals surface area contributed by atoms with Crippen molar-refractivity contribution < 1.29 is 31.5 Å². The number of carbonyl (C=O) groups excluding carboxylic acids is 1. The highest BCUT2D eigenvalue weighted by Gasteiger charge is 2.40. The number of halogens is 5. The molecule has 0 saturated heterocycles. The molecule has 0 aliphatic heterocycles. The summed E-state index contributed by atoms with van der Waals surface area (Å²) in [7, 11) is 0. The molecule has 21 heavy (non-hydrogen) atoms. The molecule has 118 valence electrons. The van der Waals surface area contributed by atoms with E-state index in [1.807, 2.05) is 5.32 Å². The quantitative estimate of drug-likeness (QED) is 0.671.